The first-order chi connectivity index (χ1) is 15.9. The predicted octanol–water partition coefficient (Wildman–Crippen LogP) is -0.798. The molecule has 15 heteroatoms. The van der Waals surface area contributed by atoms with Gasteiger partial charge in [-0.1, -0.05) is 41.7 Å². The number of aryl methyl sites for hydroxylation is 1. The fraction of sp³-hybridized carbons (Fsp3) is 0.316. The average Bonchev–Trinajstić information content (AvgIpc) is 3.04. The van der Waals surface area contributed by atoms with Crippen molar-refractivity contribution in [3.63, 3.8) is 0 Å². The number of H-pyrrole nitrogens is 1. The molecule has 0 aliphatic heterocycles. The Morgan fingerprint density at radius 3 is 2.50 bits per heavy atom. The van der Waals surface area contributed by atoms with Gasteiger partial charge in [0.15, 0.2) is 18.3 Å². The van der Waals surface area contributed by atoms with Crippen molar-refractivity contribution in [3.05, 3.63) is 69.1 Å². The number of hydrogen-bond donors (Lipinski definition) is 5. The van der Waals surface area contributed by atoms with Gasteiger partial charge < -0.3 is 20.6 Å². The van der Waals surface area contributed by atoms with Gasteiger partial charge in [-0.3, -0.25) is 0 Å². The molecular formula is C19H26N4O8P2S+2. The summed E-state index contributed by atoms with van der Waals surface area (Å²) in [5.41, 5.74) is 8.22. The number of nitrogen functional groups attached to an aromatic ring is 1. The van der Waals surface area contributed by atoms with Gasteiger partial charge in [0.2, 0.25) is 0 Å². The van der Waals surface area contributed by atoms with Gasteiger partial charge in [-0.05, 0) is 10.5 Å². The molecule has 12 nitrogen and oxygen atoms in total. The number of rotatable bonds is 10. The second kappa shape index (κ2) is 10.9. The summed E-state index contributed by atoms with van der Waals surface area (Å²) >= 11 is 1.28. The lowest BCUT2D eigenvalue weighted by Gasteiger charge is -2.20. The van der Waals surface area contributed by atoms with Gasteiger partial charge in [0.1, 0.15) is 18.4 Å². The van der Waals surface area contributed by atoms with E-state index in [1.165, 1.54) is 11.3 Å². The van der Waals surface area contributed by atoms with Crippen molar-refractivity contribution in [2.45, 2.75) is 32.9 Å². The van der Waals surface area contributed by atoms with Gasteiger partial charge in [0.25, 0.3) is 16.6 Å². The summed E-state index contributed by atoms with van der Waals surface area (Å²) in [6, 6.07) is 9.06. The van der Waals surface area contributed by atoms with Crippen molar-refractivity contribution >= 4 is 33.5 Å². The third-order valence-corrected chi connectivity index (χ3v) is 8.43. The fourth-order valence-electron chi connectivity index (χ4n) is 3.24. The van der Waals surface area contributed by atoms with Crippen LogP contribution in [0.3, 0.4) is 0 Å². The second-order valence-corrected chi connectivity index (χ2v) is 11.3. The first-order valence-corrected chi connectivity index (χ1v) is 13.8. The summed E-state index contributed by atoms with van der Waals surface area (Å²) in [7, 11) is -10.1. The van der Waals surface area contributed by atoms with E-state index in [9.17, 15) is 19.8 Å². The predicted molar refractivity (Wildman–Crippen MR) is 120 cm³/mol. The molecule has 0 aliphatic rings. The smallest absolute Gasteiger partial charge is 0.434 e. The molecule has 0 radical (unpaired) electrons. The van der Waals surface area contributed by atoms with Crippen LogP contribution in [0.1, 0.15) is 38.6 Å². The Labute approximate surface area is 200 Å². The zero-order valence-electron chi connectivity index (χ0n) is 18.4. The number of phosphoric acid groups is 2. The standard InChI is InChI=1S/C19H24N4O8P2S/c1-12-16(8-9-30-33(28,29)31-32(25,26)27)34-19(17(24)14-6-4-3-5-7-14)23(12)11-15-10-21-13(2)22-18(15)20/h3-7,10,17,24H,8-9,11H2,1-2H3,(H4-,20,21,22,25,26,27,28,29)/p+2. The van der Waals surface area contributed by atoms with E-state index in [2.05, 4.69) is 14.3 Å². The molecule has 2 aromatic heterocycles. The van der Waals surface area contributed by atoms with Gasteiger partial charge in [0, 0.05) is 24.6 Å². The van der Waals surface area contributed by atoms with Crippen LogP contribution in [0.25, 0.3) is 0 Å². The number of thiazole rings is 1. The summed E-state index contributed by atoms with van der Waals surface area (Å²) in [5.74, 6) is 0.997. The van der Waals surface area contributed by atoms with E-state index in [1.54, 1.807) is 25.3 Å². The lowest BCUT2D eigenvalue weighted by molar-refractivity contribution is -0.699. The molecule has 0 spiro atoms. The van der Waals surface area contributed by atoms with Crippen LogP contribution in [0.5, 0.6) is 0 Å². The minimum absolute atomic E-state index is 0.126. The molecule has 34 heavy (non-hydrogen) atoms. The summed E-state index contributed by atoms with van der Waals surface area (Å²) in [6.45, 7) is 3.55. The number of benzene rings is 1. The lowest BCUT2D eigenvalue weighted by Crippen LogP contribution is -2.41. The molecule has 184 valence electrons. The van der Waals surface area contributed by atoms with Gasteiger partial charge >= 0.3 is 16.3 Å². The maximum Gasteiger partial charge on any atom is 0.434 e. The van der Waals surface area contributed by atoms with Crippen LogP contribution in [0, 0.1) is 13.8 Å². The summed E-state index contributed by atoms with van der Waals surface area (Å²) < 4.78 is 10.4. The minimum atomic E-state index is -5.20. The van der Waals surface area contributed by atoms with E-state index >= 15 is 0 Å². The van der Waals surface area contributed by atoms with Crippen LogP contribution >= 0.6 is 27.7 Å². The fourth-order valence-corrected chi connectivity index (χ4v) is 6.08. The number of aromatic amines is 1. The zero-order chi connectivity index (χ0) is 25.1. The molecule has 2 heterocycles. The third kappa shape index (κ3) is 7.14. The van der Waals surface area contributed by atoms with E-state index < -0.39 is 22.4 Å². The van der Waals surface area contributed by atoms with Crippen LogP contribution in [-0.4, -0.2) is 31.4 Å². The molecule has 3 aromatic rings. The highest BCUT2D eigenvalue weighted by Gasteiger charge is 2.43. The number of phosphoric ester groups is 1. The molecule has 3 rings (SSSR count). The van der Waals surface area contributed by atoms with Crippen molar-refractivity contribution in [1.82, 2.24) is 4.98 Å². The van der Waals surface area contributed by atoms with Crippen LogP contribution in [0.15, 0.2) is 36.5 Å². The van der Waals surface area contributed by atoms with Gasteiger partial charge in [-0.25, -0.2) is 4.98 Å². The molecule has 0 saturated carbocycles. The molecule has 2 unspecified atom stereocenters. The van der Waals surface area contributed by atoms with Crippen molar-refractivity contribution in [2.75, 3.05) is 12.3 Å². The maximum absolute atomic E-state index is 11.7. The lowest BCUT2D eigenvalue weighted by atomic mass is 10.1. The van der Waals surface area contributed by atoms with Crippen molar-refractivity contribution < 1.29 is 48.0 Å². The number of nitrogens with zero attached hydrogens (tertiary/aromatic N) is 2. The highest BCUT2D eigenvalue weighted by atomic mass is 32.1. The number of nitrogens with two attached hydrogens (primary N) is 1. The molecule has 2 atom stereocenters. The van der Waals surface area contributed by atoms with Gasteiger partial charge in [-0.2, -0.15) is 23.8 Å². The topological polar surface area (TPSA) is 202 Å². The highest BCUT2D eigenvalue weighted by molar-refractivity contribution is 7.66. The molecule has 7 N–H and O–H groups in total. The first-order valence-electron chi connectivity index (χ1n) is 9.99. The van der Waals surface area contributed by atoms with Crippen LogP contribution in [0.2, 0.25) is 0 Å². The Kier molecular flexibility index (Phi) is 8.61. The van der Waals surface area contributed by atoms with Crippen molar-refractivity contribution in [1.29, 1.82) is 0 Å². The van der Waals surface area contributed by atoms with Gasteiger partial charge in [-0.15, -0.1) is 0 Å². The molecule has 0 saturated heterocycles. The number of hydrogen-bond acceptors (Lipinski definition) is 11. The monoisotopic (exact) mass is 532 g/mol. The van der Waals surface area contributed by atoms with E-state index in [4.69, 9.17) is 20.0 Å². The third-order valence-electron chi connectivity index (χ3n) is 4.85. The highest BCUT2D eigenvalue weighted by Crippen LogP contribution is 2.62. The van der Waals surface area contributed by atoms with Crippen molar-refractivity contribution in [3.8, 4) is 0 Å². The molecule has 0 aliphatic carbocycles. The number of aliphatic hydroxyl groups excluding tert-OH is 1. The molecular weight excluding hydrogens is 506 g/mol. The largest absolute Gasteiger partial charge is 0.603 e. The van der Waals surface area contributed by atoms with E-state index in [1.807, 2.05) is 29.7 Å². The Morgan fingerprint density at radius 1 is 1.21 bits per heavy atom. The molecule has 1 aromatic carbocycles. The Balaban J connectivity index is 1.89. The minimum Gasteiger partial charge on any atom is -0.603 e. The van der Waals surface area contributed by atoms with E-state index in [0.717, 1.165) is 10.6 Å². The van der Waals surface area contributed by atoms with Crippen molar-refractivity contribution in [2.24, 2.45) is 0 Å². The Hall–Kier alpha value is -1.73. The number of aliphatic hydroxyl groups is 1. The van der Waals surface area contributed by atoms with Crippen LogP contribution in [0.4, 0.5) is 5.82 Å². The SMILES string of the molecule is Cc1nc(N)c(C[n+]2c(C(O)c3ccccc3)sc(CCO[P+]([O-])(O)O[P+]([O-])(O)O)c2C)c[nH+]1. The molecule has 0 bridgehead atoms. The quantitative estimate of drug-likeness (QED) is 0.163. The number of nitrogens with one attached hydrogen (secondary N) is 1. The Bertz CT molecular complexity index is 1130. The van der Waals surface area contributed by atoms with E-state index in [0.29, 0.717) is 34.3 Å². The summed E-state index contributed by atoms with van der Waals surface area (Å²) in [6.07, 6.45) is 0.913. The average molecular weight is 532 g/mol. The van der Waals surface area contributed by atoms with Crippen LogP contribution in [-0.2, 0) is 21.8 Å². The number of aromatic nitrogens is 3. The number of anilines is 1. The second-order valence-electron chi connectivity index (χ2n) is 7.37. The van der Waals surface area contributed by atoms with E-state index in [-0.39, 0.29) is 13.0 Å². The van der Waals surface area contributed by atoms with Crippen LogP contribution < -0.4 is 25.1 Å². The summed E-state index contributed by atoms with van der Waals surface area (Å²) in [4.78, 5) is 57.5. The molecule has 0 amide bonds. The summed E-state index contributed by atoms with van der Waals surface area (Å²) in [5, 5.41) is 11.7. The molecule has 0 fully saturated rings. The van der Waals surface area contributed by atoms with Gasteiger partial charge in [0.05, 0.1) is 4.88 Å². The zero-order valence-corrected chi connectivity index (χ0v) is 21.0. The Morgan fingerprint density at radius 2 is 1.88 bits per heavy atom. The maximum atomic E-state index is 11.7. The normalized spacial score (nSPS) is 14.7. The first kappa shape index (κ1) is 26.9.